The van der Waals surface area contributed by atoms with Gasteiger partial charge in [0.05, 0.1) is 12.1 Å². The number of hydrogen-bond donors (Lipinski definition) is 1. The molecular weight excluding hydrogens is 434 g/mol. The second-order valence-corrected chi connectivity index (χ2v) is 8.12. The van der Waals surface area contributed by atoms with Gasteiger partial charge in [-0.1, -0.05) is 42.5 Å². The largest absolute Gasteiger partial charge is 0.322 e. The van der Waals surface area contributed by atoms with Gasteiger partial charge in [0, 0.05) is 23.0 Å². The van der Waals surface area contributed by atoms with E-state index in [9.17, 15) is 18.4 Å². The number of anilines is 2. The summed E-state index contributed by atoms with van der Waals surface area (Å²) >= 11 is 0. The number of carbonyl (C=O) groups excluding carboxylic acids is 2. The molecule has 0 saturated carbocycles. The Morgan fingerprint density at radius 3 is 2.18 bits per heavy atom. The zero-order valence-corrected chi connectivity index (χ0v) is 18.1. The molecule has 4 nitrogen and oxygen atoms in total. The fourth-order valence-electron chi connectivity index (χ4n) is 4.17. The van der Waals surface area contributed by atoms with Crippen LogP contribution in [-0.2, 0) is 13.0 Å². The first kappa shape index (κ1) is 21.5. The van der Waals surface area contributed by atoms with E-state index in [1.54, 1.807) is 29.2 Å². The van der Waals surface area contributed by atoms with E-state index in [0.29, 0.717) is 23.9 Å². The van der Waals surface area contributed by atoms with Crippen LogP contribution in [0.1, 0.15) is 37.4 Å². The fourth-order valence-corrected chi connectivity index (χ4v) is 4.17. The van der Waals surface area contributed by atoms with Gasteiger partial charge >= 0.3 is 0 Å². The maximum absolute atomic E-state index is 13.9. The molecule has 2 amide bonds. The molecule has 0 spiro atoms. The first-order valence-electron chi connectivity index (χ1n) is 10.8. The SMILES string of the molecule is O=C(Nc1ccc(C(=O)N2Cc3ccccc3Cc3ccccc32)cc1)c1ccc(F)cc1F. The topological polar surface area (TPSA) is 49.4 Å². The summed E-state index contributed by atoms with van der Waals surface area (Å²) in [6.45, 7) is 0.453. The van der Waals surface area contributed by atoms with Crippen LogP contribution >= 0.6 is 0 Å². The number of nitrogens with zero attached hydrogens (tertiary/aromatic N) is 1. The lowest BCUT2D eigenvalue weighted by Gasteiger charge is -2.23. The number of carbonyl (C=O) groups is 2. The Hall–Kier alpha value is -4.32. The van der Waals surface area contributed by atoms with Crippen molar-refractivity contribution in [3.05, 3.63) is 130 Å². The number of halogens is 2. The van der Waals surface area contributed by atoms with Crippen LogP contribution in [0.2, 0.25) is 0 Å². The Kier molecular flexibility index (Phi) is 5.64. The second kappa shape index (κ2) is 8.90. The van der Waals surface area contributed by atoms with E-state index in [0.717, 1.165) is 35.4 Å². The maximum atomic E-state index is 13.9. The number of rotatable bonds is 3. The van der Waals surface area contributed by atoms with Gasteiger partial charge in [-0.05, 0) is 65.6 Å². The van der Waals surface area contributed by atoms with E-state index in [4.69, 9.17) is 0 Å². The van der Waals surface area contributed by atoms with E-state index < -0.39 is 17.5 Å². The molecule has 0 saturated heterocycles. The van der Waals surface area contributed by atoms with E-state index in [-0.39, 0.29) is 11.5 Å². The molecule has 0 radical (unpaired) electrons. The zero-order valence-electron chi connectivity index (χ0n) is 18.1. The van der Waals surface area contributed by atoms with Gasteiger partial charge < -0.3 is 10.2 Å². The number of hydrogen-bond acceptors (Lipinski definition) is 2. The van der Waals surface area contributed by atoms with Gasteiger partial charge in [-0.25, -0.2) is 8.78 Å². The van der Waals surface area contributed by atoms with E-state index in [2.05, 4.69) is 11.4 Å². The van der Waals surface area contributed by atoms with Crippen LogP contribution in [0.4, 0.5) is 20.2 Å². The predicted molar refractivity (Wildman–Crippen MR) is 127 cm³/mol. The summed E-state index contributed by atoms with van der Waals surface area (Å²) in [5, 5.41) is 2.58. The van der Waals surface area contributed by atoms with Crippen molar-refractivity contribution in [1.29, 1.82) is 0 Å². The molecule has 1 aliphatic heterocycles. The predicted octanol–water partition coefficient (Wildman–Crippen LogP) is 5.97. The highest BCUT2D eigenvalue weighted by atomic mass is 19.1. The molecule has 4 aromatic rings. The van der Waals surface area contributed by atoms with Crippen molar-refractivity contribution < 1.29 is 18.4 Å². The Morgan fingerprint density at radius 2 is 1.44 bits per heavy atom. The summed E-state index contributed by atoms with van der Waals surface area (Å²) in [6, 6.07) is 25.2. The number of fused-ring (bicyclic) bond motifs is 2. The molecule has 5 rings (SSSR count). The van der Waals surface area contributed by atoms with E-state index in [1.165, 1.54) is 5.56 Å². The van der Waals surface area contributed by atoms with Gasteiger partial charge in [0.1, 0.15) is 11.6 Å². The van der Waals surface area contributed by atoms with Crippen molar-refractivity contribution in [3.8, 4) is 0 Å². The van der Waals surface area contributed by atoms with Crippen LogP contribution in [0.3, 0.4) is 0 Å². The van der Waals surface area contributed by atoms with Gasteiger partial charge in [-0.15, -0.1) is 0 Å². The van der Waals surface area contributed by atoms with Crippen LogP contribution in [0, 0.1) is 11.6 Å². The molecule has 0 unspecified atom stereocenters. The van der Waals surface area contributed by atoms with E-state index in [1.807, 2.05) is 42.5 Å². The van der Waals surface area contributed by atoms with Crippen molar-refractivity contribution in [2.75, 3.05) is 10.2 Å². The first-order chi connectivity index (χ1) is 16.5. The maximum Gasteiger partial charge on any atom is 0.258 e. The van der Waals surface area contributed by atoms with Gasteiger partial charge in [0.15, 0.2) is 0 Å². The van der Waals surface area contributed by atoms with Gasteiger partial charge in [0.25, 0.3) is 11.8 Å². The Morgan fingerprint density at radius 1 is 0.765 bits per heavy atom. The molecule has 0 aliphatic carbocycles. The first-order valence-corrected chi connectivity index (χ1v) is 10.8. The molecule has 4 aromatic carbocycles. The minimum atomic E-state index is -0.940. The summed E-state index contributed by atoms with van der Waals surface area (Å²) < 4.78 is 27.0. The third-order valence-electron chi connectivity index (χ3n) is 5.92. The zero-order chi connectivity index (χ0) is 23.7. The van der Waals surface area contributed by atoms with Crippen LogP contribution in [-0.4, -0.2) is 11.8 Å². The monoisotopic (exact) mass is 454 g/mol. The molecule has 1 aliphatic rings. The molecule has 0 atom stereocenters. The third kappa shape index (κ3) is 4.18. The number of benzene rings is 4. The standard InChI is InChI=1S/C28H20F2N2O2/c29-22-11-14-24(25(30)16-22)27(33)31-23-12-9-18(10-13-23)28(34)32-17-21-7-2-1-5-19(21)15-20-6-3-4-8-26(20)32/h1-14,16H,15,17H2,(H,31,33). The average molecular weight is 454 g/mol. The summed E-state index contributed by atoms with van der Waals surface area (Å²) in [5.41, 5.74) is 4.82. The van der Waals surface area contributed by atoms with Crippen molar-refractivity contribution in [2.45, 2.75) is 13.0 Å². The highest BCUT2D eigenvalue weighted by molar-refractivity contribution is 6.08. The molecule has 0 bridgehead atoms. The number of para-hydroxylation sites is 1. The van der Waals surface area contributed by atoms with Gasteiger partial charge in [-0.3, -0.25) is 9.59 Å². The Balaban J connectivity index is 1.39. The minimum absolute atomic E-state index is 0.161. The summed E-state index contributed by atoms with van der Waals surface area (Å²) in [5.74, 6) is -2.56. The summed E-state index contributed by atoms with van der Waals surface area (Å²) in [7, 11) is 0. The highest BCUT2D eigenvalue weighted by Crippen LogP contribution is 2.31. The molecule has 6 heteroatoms. The lowest BCUT2D eigenvalue weighted by atomic mass is 10.0. The van der Waals surface area contributed by atoms with Crippen LogP contribution in [0.5, 0.6) is 0 Å². The third-order valence-corrected chi connectivity index (χ3v) is 5.92. The molecule has 0 fully saturated rings. The number of nitrogens with one attached hydrogen (secondary N) is 1. The lowest BCUT2D eigenvalue weighted by molar-refractivity contribution is 0.0984. The van der Waals surface area contributed by atoms with Crippen molar-refractivity contribution in [1.82, 2.24) is 0 Å². The smallest absolute Gasteiger partial charge is 0.258 e. The molecule has 1 heterocycles. The quantitative estimate of drug-likeness (QED) is 0.415. The molecule has 1 N–H and O–H groups in total. The summed E-state index contributed by atoms with van der Waals surface area (Å²) in [6.07, 6.45) is 0.751. The van der Waals surface area contributed by atoms with E-state index >= 15 is 0 Å². The molecule has 34 heavy (non-hydrogen) atoms. The normalized spacial score (nSPS) is 12.4. The Bertz CT molecular complexity index is 1400. The summed E-state index contributed by atoms with van der Waals surface area (Å²) in [4.78, 5) is 27.6. The molecule has 168 valence electrons. The minimum Gasteiger partial charge on any atom is -0.322 e. The van der Waals surface area contributed by atoms with Crippen molar-refractivity contribution >= 4 is 23.2 Å². The second-order valence-electron chi connectivity index (χ2n) is 8.12. The average Bonchev–Trinajstić information content (AvgIpc) is 3.01. The molecular formula is C28H20F2N2O2. The van der Waals surface area contributed by atoms with Crippen LogP contribution in [0.15, 0.2) is 91.0 Å². The van der Waals surface area contributed by atoms with Crippen LogP contribution in [0.25, 0.3) is 0 Å². The number of amides is 2. The van der Waals surface area contributed by atoms with Crippen LogP contribution < -0.4 is 10.2 Å². The van der Waals surface area contributed by atoms with Gasteiger partial charge in [-0.2, -0.15) is 0 Å². The van der Waals surface area contributed by atoms with Crippen molar-refractivity contribution in [2.24, 2.45) is 0 Å². The van der Waals surface area contributed by atoms with Crippen molar-refractivity contribution in [3.63, 3.8) is 0 Å². The van der Waals surface area contributed by atoms with Gasteiger partial charge in [0.2, 0.25) is 0 Å². The fraction of sp³-hybridized carbons (Fsp3) is 0.0714. The lowest BCUT2D eigenvalue weighted by Crippen LogP contribution is -2.30. The molecule has 0 aromatic heterocycles. The highest BCUT2D eigenvalue weighted by Gasteiger charge is 2.24. The Labute approximate surface area is 195 Å².